The van der Waals surface area contributed by atoms with Crippen LogP contribution in [0.25, 0.3) is 0 Å². The molecule has 102 valence electrons. The van der Waals surface area contributed by atoms with E-state index in [9.17, 15) is 4.79 Å². The lowest BCUT2D eigenvalue weighted by molar-refractivity contribution is -0.123. The van der Waals surface area contributed by atoms with Gasteiger partial charge in [-0.15, -0.1) is 21.5 Å². The summed E-state index contributed by atoms with van der Waals surface area (Å²) < 4.78 is 0. The Morgan fingerprint density at radius 2 is 2.42 bits per heavy atom. The van der Waals surface area contributed by atoms with E-state index in [4.69, 9.17) is 0 Å². The number of carbonyl (C=O) groups excluding carboxylic acids is 1. The van der Waals surface area contributed by atoms with Gasteiger partial charge in [0.25, 0.3) is 0 Å². The Bertz CT molecular complexity index is 496. The van der Waals surface area contributed by atoms with Gasteiger partial charge in [0.05, 0.1) is 12.0 Å². The summed E-state index contributed by atoms with van der Waals surface area (Å²) in [4.78, 5) is 13.3. The highest BCUT2D eigenvalue weighted by atomic mass is 32.1. The highest BCUT2D eigenvalue weighted by molar-refractivity contribution is 7.10. The first kappa shape index (κ1) is 13.7. The Balaban J connectivity index is 2.03. The normalized spacial score (nSPS) is 14.0. The molecule has 0 fully saturated rings. The zero-order valence-electron chi connectivity index (χ0n) is 11.0. The first-order valence-corrected chi connectivity index (χ1v) is 7.17. The molecule has 7 heteroatoms. The van der Waals surface area contributed by atoms with Gasteiger partial charge in [0.1, 0.15) is 0 Å². The molecule has 2 N–H and O–H groups in total. The molecule has 2 heterocycles. The first-order chi connectivity index (χ1) is 9.22. The van der Waals surface area contributed by atoms with E-state index in [-0.39, 0.29) is 17.9 Å². The minimum Gasteiger partial charge on any atom is -0.345 e. The molecule has 2 aromatic heterocycles. The highest BCUT2D eigenvalue weighted by Gasteiger charge is 2.22. The Kier molecular flexibility index (Phi) is 4.62. The van der Waals surface area contributed by atoms with Gasteiger partial charge in [0, 0.05) is 4.88 Å². The third kappa shape index (κ3) is 3.37. The molecule has 6 nitrogen and oxygen atoms in total. The maximum atomic E-state index is 12.2. The summed E-state index contributed by atoms with van der Waals surface area (Å²) in [6.45, 7) is 3.96. The number of hydrogen-bond donors (Lipinski definition) is 2. The van der Waals surface area contributed by atoms with Gasteiger partial charge < -0.3 is 5.32 Å². The van der Waals surface area contributed by atoms with Crippen LogP contribution in [-0.4, -0.2) is 26.5 Å². The second kappa shape index (κ2) is 6.42. The fraction of sp³-hybridized carbons (Fsp3) is 0.500. The summed E-state index contributed by atoms with van der Waals surface area (Å²) >= 11 is 1.59. The zero-order valence-corrected chi connectivity index (χ0v) is 11.8. The van der Waals surface area contributed by atoms with Crippen LogP contribution in [0.3, 0.4) is 0 Å². The molecule has 19 heavy (non-hydrogen) atoms. The van der Waals surface area contributed by atoms with E-state index in [0.717, 1.165) is 17.7 Å². The molecular formula is C12H17N5OS. The molecule has 0 unspecified atom stereocenters. The number of amides is 1. The van der Waals surface area contributed by atoms with Gasteiger partial charge in [-0.1, -0.05) is 24.6 Å². The zero-order chi connectivity index (χ0) is 13.7. The quantitative estimate of drug-likeness (QED) is 0.847. The van der Waals surface area contributed by atoms with Gasteiger partial charge in [-0.2, -0.15) is 5.21 Å². The number of tetrazole rings is 1. The van der Waals surface area contributed by atoms with Crippen molar-refractivity contribution in [3.8, 4) is 0 Å². The Labute approximate surface area is 115 Å². The third-order valence-corrected chi connectivity index (χ3v) is 3.99. The van der Waals surface area contributed by atoms with E-state index in [2.05, 4.69) is 32.9 Å². The van der Waals surface area contributed by atoms with Gasteiger partial charge in [-0.05, 0) is 24.8 Å². The number of hydrogen-bond acceptors (Lipinski definition) is 5. The lowest BCUT2D eigenvalue weighted by atomic mass is 10.1. The smallest absolute Gasteiger partial charge is 0.228 e. The van der Waals surface area contributed by atoms with Crippen molar-refractivity contribution in [2.24, 2.45) is 0 Å². The van der Waals surface area contributed by atoms with Crippen molar-refractivity contribution < 1.29 is 4.79 Å². The summed E-state index contributed by atoms with van der Waals surface area (Å²) in [6.07, 6.45) is 1.73. The molecule has 2 atom stereocenters. The average molecular weight is 279 g/mol. The van der Waals surface area contributed by atoms with Gasteiger partial charge >= 0.3 is 0 Å². The second-order valence-electron chi connectivity index (χ2n) is 4.36. The van der Waals surface area contributed by atoms with Crippen molar-refractivity contribution in [3.05, 3.63) is 28.2 Å². The van der Waals surface area contributed by atoms with Crippen LogP contribution in [-0.2, 0) is 4.79 Å². The number of nitrogens with one attached hydrogen (secondary N) is 2. The van der Waals surface area contributed by atoms with Crippen LogP contribution < -0.4 is 5.32 Å². The summed E-state index contributed by atoms with van der Waals surface area (Å²) in [5.74, 6) is 0.366. The number of aromatic amines is 1. The van der Waals surface area contributed by atoms with E-state index in [0.29, 0.717) is 5.82 Å². The molecular weight excluding hydrogens is 262 g/mol. The molecule has 0 spiro atoms. The maximum absolute atomic E-state index is 12.2. The van der Waals surface area contributed by atoms with Gasteiger partial charge in [0.2, 0.25) is 5.91 Å². The standard InChI is InChI=1S/C12H17N5OS/c1-3-5-9(11-14-16-17-15-11)13-12(18)8(2)10-6-4-7-19-10/h4,6-9H,3,5H2,1-2H3,(H,13,18)(H,14,15,16,17)/t8-,9-/m1/s1. The largest absolute Gasteiger partial charge is 0.345 e. The topological polar surface area (TPSA) is 83.6 Å². The Morgan fingerprint density at radius 3 is 3.00 bits per heavy atom. The van der Waals surface area contributed by atoms with Crippen molar-refractivity contribution in [3.63, 3.8) is 0 Å². The lowest BCUT2D eigenvalue weighted by Crippen LogP contribution is -2.32. The molecule has 2 rings (SSSR count). The summed E-state index contributed by atoms with van der Waals surface area (Å²) in [6, 6.07) is 3.74. The molecule has 0 aliphatic carbocycles. The summed E-state index contributed by atoms with van der Waals surface area (Å²) in [7, 11) is 0. The monoisotopic (exact) mass is 279 g/mol. The van der Waals surface area contributed by atoms with E-state index in [1.807, 2.05) is 24.4 Å². The van der Waals surface area contributed by atoms with Crippen LogP contribution in [0.2, 0.25) is 0 Å². The SMILES string of the molecule is CCC[C@@H](NC(=O)[C@H](C)c1cccs1)c1nn[nH]n1. The predicted octanol–water partition coefficient (Wildman–Crippen LogP) is 2.02. The number of aromatic nitrogens is 4. The predicted molar refractivity (Wildman–Crippen MR) is 72.7 cm³/mol. The van der Waals surface area contributed by atoms with E-state index < -0.39 is 0 Å². The number of carbonyl (C=O) groups is 1. The number of nitrogens with zero attached hydrogens (tertiary/aromatic N) is 3. The minimum absolute atomic E-state index is 0.00861. The molecule has 0 saturated carbocycles. The molecule has 0 aromatic carbocycles. The number of rotatable bonds is 6. The van der Waals surface area contributed by atoms with E-state index in [1.54, 1.807) is 11.3 Å². The molecule has 1 amide bonds. The Hall–Kier alpha value is -1.76. The summed E-state index contributed by atoms with van der Waals surface area (Å²) in [5.41, 5.74) is 0. The van der Waals surface area contributed by atoms with Crippen molar-refractivity contribution in [1.29, 1.82) is 0 Å². The first-order valence-electron chi connectivity index (χ1n) is 6.29. The van der Waals surface area contributed by atoms with Gasteiger partial charge in [0.15, 0.2) is 5.82 Å². The molecule has 0 aliphatic heterocycles. The fourth-order valence-corrected chi connectivity index (χ4v) is 2.62. The molecule has 2 aromatic rings. The molecule has 0 saturated heterocycles. The van der Waals surface area contributed by atoms with Gasteiger partial charge in [-0.25, -0.2) is 0 Å². The maximum Gasteiger partial charge on any atom is 0.228 e. The number of H-pyrrole nitrogens is 1. The molecule has 0 aliphatic rings. The number of thiophene rings is 1. The van der Waals surface area contributed by atoms with Crippen LogP contribution in [0.15, 0.2) is 17.5 Å². The van der Waals surface area contributed by atoms with E-state index >= 15 is 0 Å². The van der Waals surface area contributed by atoms with Gasteiger partial charge in [-0.3, -0.25) is 4.79 Å². The fourth-order valence-electron chi connectivity index (χ4n) is 1.84. The lowest BCUT2D eigenvalue weighted by Gasteiger charge is -2.17. The van der Waals surface area contributed by atoms with Crippen LogP contribution in [0.5, 0.6) is 0 Å². The highest BCUT2D eigenvalue weighted by Crippen LogP contribution is 2.22. The van der Waals surface area contributed by atoms with Crippen molar-refractivity contribution >= 4 is 17.2 Å². The van der Waals surface area contributed by atoms with Crippen molar-refractivity contribution in [1.82, 2.24) is 25.9 Å². The molecule has 0 bridgehead atoms. The summed E-state index contributed by atoms with van der Waals surface area (Å²) in [5, 5.41) is 18.8. The third-order valence-electron chi connectivity index (χ3n) is 2.93. The minimum atomic E-state index is -0.182. The molecule has 0 radical (unpaired) electrons. The van der Waals surface area contributed by atoms with Crippen molar-refractivity contribution in [2.75, 3.05) is 0 Å². The van der Waals surface area contributed by atoms with Crippen LogP contribution in [0.1, 0.15) is 49.4 Å². The van der Waals surface area contributed by atoms with E-state index in [1.165, 1.54) is 0 Å². The Morgan fingerprint density at radius 1 is 1.58 bits per heavy atom. The van der Waals surface area contributed by atoms with Crippen LogP contribution in [0, 0.1) is 0 Å². The van der Waals surface area contributed by atoms with Crippen LogP contribution in [0.4, 0.5) is 0 Å². The second-order valence-corrected chi connectivity index (χ2v) is 5.34. The average Bonchev–Trinajstić information content (AvgIpc) is 3.10. The van der Waals surface area contributed by atoms with Crippen LogP contribution >= 0.6 is 11.3 Å². The van der Waals surface area contributed by atoms with Crippen molar-refractivity contribution in [2.45, 2.75) is 38.6 Å².